The normalized spacial score (nSPS) is 15.8. The Morgan fingerprint density at radius 2 is 1.59 bits per heavy atom. The summed E-state index contributed by atoms with van der Waals surface area (Å²) in [5, 5.41) is 2.95. The maximum atomic E-state index is 12.9. The molecule has 0 spiro atoms. The molecule has 0 unspecified atom stereocenters. The van der Waals surface area contributed by atoms with Gasteiger partial charge in [-0.15, -0.1) is 0 Å². The maximum absolute atomic E-state index is 12.9. The monoisotopic (exact) mass is 400 g/mol. The Hall–Kier alpha value is -2.96. The van der Waals surface area contributed by atoms with Crippen molar-refractivity contribution in [1.82, 2.24) is 10.2 Å². The molecule has 0 bridgehead atoms. The fourth-order valence-electron chi connectivity index (χ4n) is 3.15. The lowest BCUT2D eigenvalue weighted by atomic mass is 10.1. The van der Waals surface area contributed by atoms with Crippen LogP contribution in [0.25, 0.3) is 0 Å². The number of carbonyl (C=O) groups excluding carboxylic acids is 2. The number of rotatable bonds is 8. The van der Waals surface area contributed by atoms with Gasteiger partial charge in [0, 0.05) is 29.8 Å². The summed E-state index contributed by atoms with van der Waals surface area (Å²) in [6.45, 7) is -2.46. The van der Waals surface area contributed by atoms with E-state index in [9.17, 15) is 18.4 Å². The number of amides is 2. The molecule has 0 heterocycles. The van der Waals surface area contributed by atoms with Gasteiger partial charge in [-0.3, -0.25) is 9.59 Å². The van der Waals surface area contributed by atoms with E-state index in [1.807, 2.05) is 12.1 Å². The van der Waals surface area contributed by atoms with Gasteiger partial charge in [0.2, 0.25) is 0 Å². The van der Waals surface area contributed by atoms with Crippen molar-refractivity contribution in [2.75, 3.05) is 0 Å². The molecule has 0 radical (unpaired) electrons. The molecule has 7 heteroatoms. The van der Waals surface area contributed by atoms with Gasteiger partial charge in [0.05, 0.1) is 0 Å². The summed E-state index contributed by atoms with van der Waals surface area (Å²) < 4.78 is 28.9. The topological polar surface area (TPSA) is 58.6 Å². The van der Waals surface area contributed by atoms with Gasteiger partial charge in [-0.05, 0) is 67.6 Å². The van der Waals surface area contributed by atoms with E-state index in [2.05, 4.69) is 10.1 Å². The highest BCUT2D eigenvalue weighted by atomic mass is 19.3. The van der Waals surface area contributed by atoms with Gasteiger partial charge in [-0.2, -0.15) is 8.78 Å². The Morgan fingerprint density at radius 3 is 2.14 bits per heavy atom. The van der Waals surface area contributed by atoms with Crippen molar-refractivity contribution >= 4 is 11.8 Å². The zero-order valence-corrected chi connectivity index (χ0v) is 15.8. The van der Waals surface area contributed by atoms with Gasteiger partial charge in [0.15, 0.2) is 0 Å². The number of halogens is 2. The zero-order valence-electron chi connectivity index (χ0n) is 15.8. The minimum atomic E-state index is -2.89. The highest BCUT2D eigenvalue weighted by Gasteiger charge is 2.33. The first-order valence-electron chi connectivity index (χ1n) is 9.75. The average molecular weight is 400 g/mol. The molecule has 2 saturated carbocycles. The van der Waals surface area contributed by atoms with Crippen LogP contribution in [0.15, 0.2) is 48.5 Å². The van der Waals surface area contributed by atoms with Gasteiger partial charge in [-0.25, -0.2) is 0 Å². The van der Waals surface area contributed by atoms with E-state index in [0.29, 0.717) is 23.7 Å². The number of hydrogen-bond donors (Lipinski definition) is 1. The van der Waals surface area contributed by atoms with Crippen LogP contribution in [0.1, 0.15) is 52.0 Å². The van der Waals surface area contributed by atoms with Crippen LogP contribution in [0.2, 0.25) is 0 Å². The molecule has 2 fully saturated rings. The molecule has 0 saturated heterocycles. The SMILES string of the molecule is O=C(NC1CC1)c1ccc(CN(C(=O)c2ccc(OC(F)F)cc2)C2CC2)cc1. The largest absolute Gasteiger partial charge is 0.435 e. The molecule has 2 aromatic carbocycles. The summed E-state index contributed by atoms with van der Waals surface area (Å²) in [4.78, 5) is 26.8. The summed E-state index contributed by atoms with van der Waals surface area (Å²) in [6.07, 6.45) is 3.97. The molecule has 2 amide bonds. The number of nitrogens with one attached hydrogen (secondary N) is 1. The molecule has 0 atom stereocenters. The number of benzene rings is 2. The van der Waals surface area contributed by atoms with Crippen molar-refractivity contribution in [2.45, 2.75) is 50.9 Å². The highest BCUT2D eigenvalue weighted by molar-refractivity contribution is 5.95. The lowest BCUT2D eigenvalue weighted by Crippen LogP contribution is -2.32. The molecule has 0 aliphatic heterocycles. The van der Waals surface area contributed by atoms with Crippen LogP contribution in [0, 0.1) is 0 Å². The standard InChI is InChI=1S/C22H22F2N2O3/c23-22(24)29-19-11-5-16(6-12-19)21(28)26(18-9-10-18)13-14-1-3-15(4-2-14)20(27)25-17-7-8-17/h1-6,11-12,17-18,22H,7-10,13H2,(H,25,27). The number of nitrogens with zero attached hydrogens (tertiary/aromatic N) is 1. The molecule has 5 nitrogen and oxygen atoms in total. The molecule has 0 aromatic heterocycles. The van der Waals surface area contributed by atoms with Gasteiger partial charge in [0.1, 0.15) is 5.75 Å². The molecule has 29 heavy (non-hydrogen) atoms. The molecule has 2 aliphatic rings. The van der Waals surface area contributed by atoms with Crippen LogP contribution in [-0.4, -0.2) is 35.4 Å². The summed E-state index contributed by atoms with van der Waals surface area (Å²) in [7, 11) is 0. The van der Waals surface area contributed by atoms with E-state index in [-0.39, 0.29) is 23.6 Å². The summed E-state index contributed by atoms with van der Waals surface area (Å²) in [6, 6.07) is 13.5. The molecule has 4 rings (SSSR count). The van der Waals surface area contributed by atoms with E-state index >= 15 is 0 Å². The lowest BCUT2D eigenvalue weighted by molar-refractivity contribution is -0.0498. The van der Waals surface area contributed by atoms with Gasteiger partial charge < -0.3 is 15.0 Å². The van der Waals surface area contributed by atoms with Crippen molar-refractivity contribution in [3.05, 3.63) is 65.2 Å². The summed E-state index contributed by atoms with van der Waals surface area (Å²) in [5.41, 5.74) is 1.98. The number of hydrogen-bond acceptors (Lipinski definition) is 3. The van der Waals surface area contributed by atoms with E-state index in [1.165, 1.54) is 24.3 Å². The zero-order chi connectivity index (χ0) is 20.4. The third-order valence-electron chi connectivity index (χ3n) is 5.06. The molecule has 1 N–H and O–H groups in total. The first kappa shape index (κ1) is 19.4. The average Bonchev–Trinajstić information content (AvgIpc) is 3.61. The molecular weight excluding hydrogens is 378 g/mol. The Morgan fingerprint density at radius 1 is 0.966 bits per heavy atom. The van der Waals surface area contributed by atoms with Crippen LogP contribution in [0.4, 0.5) is 8.78 Å². The fraction of sp³-hybridized carbons (Fsp3) is 0.364. The van der Waals surface area contributed by atoms with Crippen molar-refractivity contribution in [2.24, 2.45) is 0 Å². The minimum Gasteiger partial charge on any atom is -0.435 e. The molecule has 2 aliphatic carbocycles. The summed E-state index contributed by atoms with van der Waals surface area (Å²) in [5.74, 6) is -0.193. The Bertz CT molecular complexity index is 876. The predicted molar refractivity (Wildman–Crippen MR) is 103 cm³/mol. The first-order valence-corrected chi connectivity index (χ1v) is 9.75. The van der Waals surface area contributed by atoms with Gasteiger partial charge in [-0.1, -0.05) is 12.1 Å². The van der Waals surface area contributed by atoms with E-state index in [0.717, 1.165) is 31.2 Å². The quantitative estimate of drug-likeness (QED) is 0.729. The van der Waals surface area contributed by atoms with Crippen molar-refractivity contribution in [1.29, 1.82) is 0 Å². The first-order chi connectivity index (χ1) is 14.0. The van der Waals surface area contributed by atoms with Crippen LogP contribution >= 0.6 is 0 Å². The lowest BCUT2D eigenvalue weighted by Gasteiger charge is -2.23. The third-order valence-corrected chi connectivity index (χ3v) is 5.06. The van der Waals surface area contributed by atoms with E-state index in [4.69, 9.17) is 0 Å². The second-order valence-corrected chi connectivity index (χ2v) is 7.51. The van der Waals surface area contributed by atoms with Gasteiger partial charge in [0.25, 0.3) is 11.8 Å². The number of alkyl halides is 2. The van der Waals surface area contributed by atoms with E-state index in [1.54, 1.807) is 17.0 Å². The van der Waals surface area contributed by atoms with Crippen LogP contribution in [0.3, 0.4) is 0 Å². The second-order valence-electron chi connectivity index (χ2n) is 7.51. The number of ether oxygens (including phenoxy) is 1. The van der Waals surface area contributed by atoms with Crippen molar-refractivity contribution < 1.29 is 23.1 Å². The minimum absolute atomic E-state index is 0.0228. The Kier molecular flexibility index (Phi) is 5.47. The van der Waals surface area contributed by atoms with Crippen LogP contribution in [0.5, 0.6) is 5.75 Å². The Balaban J connectivity index is 1.42. The van der Waals surface area contributed by atoms with Crippen LogP contribution in [-0.2, 0) is 6.54 Å². The highest BCUT2D eigenvalue weighted by Crippen LogP contribution is 2.30. The molecule has 152 valence electrons. The number of carbonyl (C=O) groups is 2. The molecule has 2 aromatic rings. The second kappa shape index (κ2) is 8.19. The van der Waals surface area contributed by atoms with E-state index < -0.39 is 6.61 Å². The van der Waals surface area contributed by atoms with Crippen molar-refractivity contribution in [3.8, 4) is 5.75 Å². The third kappa shape index (κ3) is 5.10. The fourth-order valence-corrected chi connectivity index (χ4v) is 3.15. The van der Waals surface area contributed by atoms with Crippen molar-refractivity contribution in [3.63, 3.8) is 0 Å². The maximum Gasteiger partial charge on any atom is 0.387 e. The predicted octanol–water partition coefficient (Wildman–Crippen LogP) is 3.99. The van der Waals surface area contributed by atoms with Crippen LogP contribution < -0.4 is 10.1 Å². The molecular formula is C22H22F2N2O3. The smallest absolute Gasteiger partial charge is 0.387 e. The Labute approximate surface area is 167 Å². The summed E-state index contributed by atoms with van der Waals surface area (Å²) >= 11 is 0. The van der Waals surface area contributed by atoms with Gasteiger partial charge >= 0.3 is 6.61 Å².